The molecule has 4 rings (SSSR count). The van der Waals surface area contributed by atoms with Crippen molar-refractivity contribution in [2.75, 3.05) is 0 Å². The Morgan fingerprint density at radius 2 is 1.33 bits per heavy atom. The lowest BCUT2D eigenvalue weighted by molar-refractivity contribution is 0.163. The van der Waals surface area contributed by atoms with Gasteiger partial charge in [0.25, 0.3) is 0 Å². The smallest absolute Gasteiger partial charge is 0.0357 e. The molecule has 0 aromatic rings. The molecule has 5 atom stereocenters. The average molecular weight is 331 g/mol. The van der Waals surface area contributed by atoms with E-state index in [4.69, 9.17) is 0 Å². The highest BCUT2D eigenvalue weighted by atomic mass is 14.5. The highest BCUT2D eigenvalue weighted by Crippen LogP contribution is 2.52. The molecule has 24 heavy (non-hydrogen) atoms. The van der Waals surface area contributed by atoms with Crippen molar-refractivity contribution in [3.63, 3.8) is 0 Å². The Balaban J connectivity index is 1.13. The van der Waals surface area contributed by atoms with E-state index in [0.29, 0.717) is 0 Å². The van der Waals surface area contributed by atoms with E-state index in [-0.39, 0.29) is 0 Å². The van der Waals surface area contributed by atoms with Crippen LogP contribution in [-0.4, -0.2) is 0 Å². The summed E-state index contributed by atoms with van der Waals surface area (Å²) in [7, 11) is 0. The Labute approximate surface area is 151 Å². The third kappa shape index (κ3) is 4.21. The Hall–Kier alpha value is 0. The van der Waals surface area contributed by atoms with Gasteiger partial charge in [0.2, 0.25) is 0 Å². The fourth-order valence-corrected chi connectivity index (χ4v) is 6.46. The molecule has 0 saturated heterocycles. The highest BCUT2D eigenvalue weighted by molar-refractivity contribution is 4.93. The van der Waals surface area contributed by atoms with Gasteiger partial charge in [-0.2, -0.15) is 0 Å². The summed E-state index contributed by atoms with van der Waals surface area (Å²) < 4.78 is 0. The fraction of sp³-hybridized carbons (Fsp3) is 1.00. The van der Waals surface area contributed by atoms with Crippen LogP contribution in [0.5, 0.6) is 0 Å². The average Bonchev–Trinajstić information content (AvgIpc) is 3.45. The van der Waals surface area contributed by atoms with Crippen LogP contribution in [0.4, 0.5) is 0 Å². The normalized spacial score (nSPS) is 34.8. The van der Waals surface area contributed by atoms with Crippen molar-refractivity contribution in [1.82, 2.24) is 0 Å². The van der Waals surface area contributed by atoms with Crippen molar-refractivity contribution in [2.45, 2.75) is 104 Å². The van der Waals surface area contributed by atoms with Crippen molar-refractivity contribution >= 4 is 0 Å². The predicted molar refractivity (Wildman–Crippen MR) is 104 cm³/mol. The summed E-state index contributed by atoms with van der Waals surface area (Å²) in [4.78, 5) is 0. The van der Waals surface area contributed by atoms with Crippen LogP contribution in [0.1, 0.15) is 104 Å². The second-order valence-electron chi connectivity index (χ2n) is 10.5. The topological polar surface area (TPSA) is 0 Å². The van der Waals surface area contributed by atoms with E-state index in [1.165, 1.54) is 38.5 Å². The molecule has 0 nitrogen and oxygen atoms in total. The molecule has 0 heterocycles. The van der Waals surface area contributed by atoms with E-state index in [0.717, 1.165) is 47.3 Å². The van der Waals surface area contributed by atoms with Gasteiger partial charge in [-0.1, -0.05) is 71.6 Å². The summed E-state index contributed by atoms with van der Waals surface area (Å²) in [5, 5.41) is 0. The first kappa shape index (κ1) is 17.4. The summed E-state index contributed by atoms with van der Waals surface area (Å²) in [6.07, 6.45) is 21.7. The van der Waals surface area contributed by atoms with Gasteiger partial charge in [0.15, 0.2) is 0 Å². The van der Waals surface area contributed by atoms with E-state index in [2.05, 4.69) is 13.8 Å². The maximum atomic E-state index is 2.59. The first-order valence-corrected chi connectivity index (χ1v) is 11.7. The Morgan fingerprint density at radius 3 is 1.96 bits per heavy atom. The Bertz CT molecular complexity index is 385. The molecule has 0 aromatic heterocycles. The summed E-state index contributed by atoms with van der Waals surface area (Å²) in [6, 6.07) is 0. The van der Waals surface area contributed by atoms with Crippen molar-refractivity contribution in [3.05, 3.63) is 0 Å². The van der Waals surface area contributed by atoms with Gasteiger partial charge in [-0.05, 0) is 79.4 Å². The highest BCUT2D eigenvalue weighted by Gasteiger charge is 2.42. The van der Waals surface area contributed by atoms with Gasteiger partial charge < -0.3 is 0 Å². The molecule has 0 radical (unpaired) electrons. The molecule has 0 bridgehead atoms. The molecule has 4 aliphatic carbocycles. The van der Waals surface area contributed by atoms with E-state index in [1.807, 2.05) is 0 Å². The number of hydrogen-bond acceptors (Lipinski definition) is 0. The molecule has 0 spiro atoms. The number of hydrogen-bond donors (Lipinski definition) is 0. The van der Waals surface area contributed by atoms with Crippen LogP contribution in [0, 0.1) is 47.3 Å². The van der Waals surface area contributed by atoms with Gasteiger partial charge in [0, 0.05) is 0 Å². The van der Waals surface area contributed by atoms with Gasteiger partial charge in [0.1, 0.15) is 0 Å². The minimum Gasteiger partial charge on any atom is -0.0622 e. The van der Waals surface area contributed by atoms with Crippen LogP contribution in [0.3, 0.4) is 0 Å². The zero-order chi connectivity index (χ0) is 16.5. The molecule has 4 unspecified atom stereocenters. The second kappa shape index (κ2) is 7.71. The molecule has 138 valence electrons. The van der Waals surface area contributed by atoms with Crippen LogP contribution in [0.15, 0.2) is 0 Å². The van der Waals surface area contributed by atoms with Gasteiger partial charge in [-0.25, -0.2) is 0 Å². The third-order valence-corrected chi connectivity index (χ3v) is 8.84. The molecule has 0 aromatic carbocycles. The monoisotopic (exact) mass is 330 g/mol. The largest absolute Gasteiger partial charge is 0.0622 e. The summed E-state index contributed by atoms with van der Waals surface area (Å²) in [5.41, 5.74) is 0. The lowest BCUT2D eigenvalue weighted by Crippen LogP contribution is -2.24. The molecular weight excluding hydrogens is 288 g/mol. The Kier molecular flexibility index (Phi) is 5.59. The van der Waals surface area contributed by atoms with Gasteiger partial charge in [-0.3, -0.25) is 0 Å². The maximum absolute atomic E-state index is 2.59. The second-order valence-corrected chi connectivity index (χ2v) is 10.5. The summed E-state index contributed by atoms with van der Waals surface area (Å²) >= 11 is 0. The van der Waals surface area contributed by atoms with Crippen LogP contribution >= 0.6 is 0 Å². The molecule has 4 fully saturated rings. The fourth-order valence-electron chi connectivity index (χ4n) is 6.46. The van der Waals surface area contributed by atoms with Crippen LogP contribution < -0.4 is 0 Å². The van der Waals surface area contributed by atoms with E-state index < -0.39 is 0 Å². The van der Waals surface area contributed by atoms with Crippen LogP contribution in [-0.2, 0) is 0 Å². The Morgan fingerprint density at radius 1 is 0.667 bits per heavy atom. The minimum absolute atomic E-state index is 1.02. The molecule has 0 heteroatoms. The SMILES string of the molecule is CC(CCC1CC1[C@@H](C)CCC(C1CCC1)C1CC1)C1CCCC1. The van der Waals surface area contributed by atoms with Crippen LogP contribution in [0.25, 0.3) is 0 Å². The van der Waals surface area contributed by atoms with Gasteiger partial charge >= 0.3 is 0 Å². The molecule has 0 aliphatic heterocycles. The maximum Gasteiger partial charge on any atom is -0.0357 e. The van der Waals surface area contributed by atoms with Crippen molar-refractivity contribution in [1.29, 1.82) is 0 Å². The summed E-state index contributed by atoms with van der Waals surface area (Å²) in [5.74, 6) is 8.80. The quantitative estimate of drug-likeness (QED) is 0.389. The lowest BCUT2D eigenvalue weighted by atomic mass is 9.71. The van der Waals surface area contributed by atoms with E-state index in [1.54, 1.807) is 51.4 Å². The number of rotatable bonds is 10. The van der Waals surface area contributed by atoms with Gasteiger partial charge in [0.05, 0.1) is 0 Å². The first-order valence-electron chi connectivity index (χ1n) is 11.7. The molecule has 4 aliphatic rings. The van der Waals surface area contributed by atoms with Gasteiger partial charge in [-0.15, -0.1) is 0 Å². The van der Waals surface area contributed by atoms with Crippen molar-refractivity contribution in [2.24, 2.45) is 47.3 Å². The molecule has 4 saturated carbocycles. The first-order chi connectivity index (χ1) is 11.7. The standard InChI is InChI=1S/C24H42/c1-17(19-6-3-4-7-19)10-12-22-16-24(22)18(2)11-15-23(21-13-14-21)20-8-5-9-20/h17-24H,3-16H2,1-2H3/t17?,18-,22?,23?,24?/m0/s1. The molecular formula is C24H42. The summed E-state index contributed by atoms with van der Waals surface area (Å²) in [6.45, 7) is 5.14. The molecule has 0 amide bonds. The van der Waals surface area contributed by atoms with E-state index >= 15 is 0 Å². The minimum atomic E-state index is 1.02. The zero-order valence-corrected chi connectivity index (χ0v) is 16.5. The van der Waals surface area contributed by atoms with E-state index in [9.17, 15) is 0 Å². The zero-order valence-electron chi connectivity index (χ0n) is 16.5. The van der Waals surface area contributed by atoms with Crippen molar-refractivity contribution in [3.8, 4) is 0 Å². The third-order valence-electron chi connectivity index (χ3n) is 8.84. The van der Waals surface area contributed by atoms with Crippen LogP contribution in [0.2, 0.25) is 0 Å². The lowest BCUT2D eigenvalue weighted by Gasteiger charge is -2.34. The van der Waals surface area contributed by atoms with Crippen molar-refractivity contribution < 1.29 is 0 Å². The molecule has 0 N–H and O–H groups in total. The predicted octanol–water partition coefficient (Wildman–Crippen LogP) is 7.47.